The molecule has 3 fully saturated rings. The topological polar surface area (TPSA) is 34.1 Å². The third kappa shape index (κ3) is 2.90. The van der Waals surface area contributed by atoms with E-state index in [1.165, 1.54) is 11.1 Å². The molecule has 1 aromatic rings. The summed E-state index contributed by atoms with van der Waals surface area (Å²) in [5, 5.41) is 0. The predicted molar refractivity (Wildman–Crippen MR) is 115 cm³/mol. The van der Waals surface area contributed by atoms with Gasteiger partial charge >= 0.3 is 0 Å². The van der Waals surface area contributed by atoms with Gasteiger partial charge in [-0.05, 0) is 79.9 Å². The Bertz CT molecular complexity index is 894. The molecule has 1 aromatic carbocycles. The van der Waals surface area contributed by atoms with E-state index in [-0.39, 0.29) is 16.6 Å². The molecule has 0 saturated heterocycles. The summed E-state index contributed by atoms with van der Waals surface area (Å²) in [5.41, 5.74) is 2.62. The molecule has 5 rings (SSSR count). The highest BCUT2D eigenvalue weighted by atomic mass is 16.1. The normalized spacial score (nSPS) is 40.8. The van der Waals surface area contributed by atoms with Crippen LogP contribution in [0.25, 0.3) is 0 Å². The van der Waals surface area contributed by atoms with Crippen LogP contribution in [0.4, 0.5) is 0 Å². The van der Waals surface area contributed by atoms with Crippen LogP contribution >= 0.6 is 0 Å². The molecule has 2 heteroatoms. The second kappa shape index (κ2) is 6.79. The Hall–Kier alpha value is -1.96. The van der Waals surface area contributed by atoms with Crippen LogP contribution in [0.2, 0.25) is 0 Å². The van der Waals surface area contributed by atoms with E-state index < -0.39 is 0 Å². The molecule has 4 aliphatic rings. The first kappa shape index (κ1) is 19.0. The molecule has 0 spiro atoms. The summed E-state index contributed by atoms with van der Waals surface area (Å²) in [6.45, 7) is 4.61. The molecule has 2 nitrogen and oxygen atoms in total. The van der Waals surface area contributed by atoms with E-state index in [1.807, 2.05) is 6.08 Å². The lowest BCUT2D eigenvalue weighted by molar-refractivity contribution is -0.132. The first-order chi connectivity index (χ1) is 13.9. The van der Waals surface area contributed by atoms with Gasteiger partial charge in [0, 0.05) is 17.3 Å². The van der Waals surface area contributed by atoms with Crippen molar-refractivity contribution in [3.8, 4) is 0 Å². The summed E-state index contributed by atoms with van der Waals surface area (Å²) in [6.07, 6.45) is 13.2. The number of fused-ring (bicyclic) bond motifs is 5. The summed E-state index contributed by atoms with van der Waals surface area (Å²) >= 11 is 0. The van der Waals surface area contributed by atoms with Crippen LogP contribution in [0.3, 0.4) is 0 Å². The molecule has 0 heterocycles. The van der Waals surface area contributed by atoms with Crippen molar-refractivity contribution >= 4 is 11.6 Å². The highest BCUT2D eigenvalue weighted by Crippen LogP contribution is 2.65. The molecular weight excluding hydrogens is 356 g/mol. The Kier molecular flexibility index (Phi) is 4.46. The summed E-state index contributed by atoms with van der Waals surface area (Å²) < 4.78 is 0. The van der Waals surface area contributed by atoms with Gasteiger partial charge in [0.05, 0.1) is 0 Å². The van der Waals surface area contributed by atoms with Crippen molar-refractivity contribution in [2.75, 3.05) is 0 Å². The van der Waals surface area contributed by atoms with E-state index in [4.69, 9.17) is 0 Å². The van der Waals surface area contributed by atoms with Crippen LogP contribution in [0.5, 0.6) is 0 Å². The van der Waals surface area contributed by atoms with Crippen molar-refractivity contribution in [2.24, 2.45) is 34.5 Å². The van der Waals surface area contributed by atoms with Crippen LogP contribution in [0, 0.1) is 34.5 Å². The second-order valence-corrected chi connectivity index (χ2v) is 10.4. The van der Waals surface area contributed by atoms with Gasteiger partial charge < -0.3 is 0 Å². The molecule has 0 aliphatic heterocycles. The van der Waals surface area contributed by atoms with Crippen LogP contribution in [-0.2, 0) is 16.0 Å². The van der Waals surface area contributed by atoms with E-state index in [0.29, 0.717) is 29.5 Å². The summed E-state index contributed by atoms with van der Waals surface area (Å²) in [7, 11) is 0. The molecular formula is C27H32O2. The molecule has 3 saturated carbocycles. The van der Waals surface area contributed by atoms with E-state index >= 15 is 0 Å². The number of carbonyl (C=O) groups is 2. The van der Waals surface area contributed by atoms with Gasteiger partial charge in [0.25, 0.3) is 0 Å². The smallest absolute Gasteiger partial charge is 0.178 e. The zero-order valence-electron chi connectivity index (χ0n) is 17.7. The maximum atomic E-state index is 12.7. The Labute approximate surface area is 174 Å². The highest BCUT2D eigenvalue weighted by molar-refractivity contribution is 6.01. The molecule has 4 aliphatic carbocycles. The molecule has 0 unspecified atom stereocenters. The molecule has 0 N–H and O–H groups in total. The summed E-state index contributed by atoms with van der Waals surface area (Å²) in [5.74, 6) is 2.78. The minimum absolute atomic E-state index is 0.0227. The van der Waals surface area contributed by atoms with E-state index in [0.717, 1.165) is 44.9 Å². The number of benzene rings is 1. The standard InChI is InChI=1S/C27H32O2/c1-26-14-12-20(28)17-24(26)19(9-8-18-6-4-3-5-7-18)16-21-22-10-11-25(29)27(22,2)15-13-23(21)26/h3-7,12,14,17,19,21-23H,8-11,13,15-16H2,1-2H3/t19-,21-,22-,23-,26+,27-/m0/s1. The van der Waals surface area contributed by atoms with Gasteiger partial charge in [-0.25, -0.2) is 0 Å². The first-order valence-corrected chi connectivity index (χ1v) is 11.4. The largest absolute Gasteiger partial charge is 0.299 e. The highest BCUT2D eigenvalue weighted by Gasteiger charge is 2.59. The molecule has 29 heavy (non-hydrogen) atoms. The van der Waals surface area contributed by atoms with Crippen LogP contribution in [-0.4, -0.2) is 11.6 Å². The maximum absolute atomic E-state index is 12.7. The van der Waals surface area contributed by atoms with E-state index in [9.17, 15) is 9.59 Å². The predicted octanol–water partition coefficient (Wildman–Crippen LogP) is 5.72. The van der Waals surface area contributed by atoms with Gasteiger partial charge in [-0.1, -0.05) is 55.8 Å². The van der Waals surface area contributed by atoms with Crippen molar-refractivity contribution in [3.63, 3.8) is 0 Å². The van der Waals surface area contributed by atoms with Crippen LogP contribution < -0.4 is 0 Å². The number of hydrogen-bond acceptors (Lipinski definition) is 2. The number of ketones is 2. The molecule has 0 amide bonds. The van der Waals surface area contributed by atoms with Gasteiger partial charge in [-0.15, -0.1) is 0 Å². The Morgan fingerprint density at radius 1 is 1.03 bits per heavy atom. The van der Waals surface area contributed by atoms with Gasteiger partial charge in [0.2, 0.25) is 0 Å². The number of aryl methyl sites for hydroxylation is 1. The maximum Gasteiger partial charge on any atom is 0.178 e. The third-order valence-electron chi connectivity index (χ3n) is 9.05. The fraction of sp³-hybridized carbons (Fsp3) is 0.556. The number of hydrogen-bond donors (Lipinski definition) is 0. The fourth-order valence-corrected chi connectivity index (χ4v) is 7.45. The molecule has 0 radical (unpaired) electrons. The zero-order chi connectivity index (χ0) is 20.2. The summed E-state index contributed by atoms with van der Waals surface area (Å²) in [4.78, 5) is 25.0. The van der Waals surface area contributed by atoms with Crippen molar-refractivity contribution < 1.29 is 9.59 Å². The first-order valence-electron chi connectivity index (χ1n) is 11.4. The average Bonchev–Trinajstić information content (AvgIpc) is 3.03. The van der Waals surface area contributed by atoms with Crippen LogP contribution in [0.15, 0.2) is 54.1 Å². The third-order valence-corrected chi connectivity index (χ3v) is 9.05. The average molecular weight is 389 g/mol. The fourth-order valence-electron chi connectivity index (χ4n) is 7.45. The van der Waals surface area contributed by atoms with Crippen LogP contribution in [0.1, 0.15) is 57.9 Å². The molecule has 0 bridgehead atoms. The Morgan fingerprint density at radius 2 is 1.83 bits per heavy atom. The van der Waals surface area contributed by atoms with Gasteiger partial charge in [-0.2, -0.15) is 0 Å². The molecule has 6 atom stereocenters. The van der Waals surface area contributed by atoms with E-state index in [2.05, 4.69) is 50.3 Å². The minimum atomic E-state index is -0.100. The van der Waals surface area contributed by atoms with Crippen molar-refractivity contribution in [1.29, 1.82) is 0 Å². The number of allylic oxidation sites excluding steroid dienone is 4. The second-order valence-electron chi connectivity index (χ2n) is 10.4. The van der Waals surface area contributed by atoms with Crippen molar-refractivity contribution in [1.82, 2.24) is 0 Å². The molecule has 0 aromatic heterocycles. The summed E-state index contributed by atoms with van der Waals surface area (Å²) in [6, 6.07) is 10.7. The quantitative estimate of drug-likeness (QED) is 0.663. The monoisotopic (exact) mass is 388 g/mol. The minimum Gasteiger partial charge on any atom is -0.299 e. The van der Waals surface area contributed by atoms with Gasteiger partial charge in [0.1, 0.15) is 5.78 Å². The number of Topliss-reactive ketones (excluding diaryl/α,β-unsaturated/α-hetero) is 1. The number of rotatable bonds is 3. The lowest BCUT2D eigenvalue weighted by Crippen LogP contribution is -2.51. The van der Waals surface area contributed by atoms with Crippen molar-refractivity contribution in [3.05, 3.63) is 59.7 Å². The zero-order valence-corrected chi connectivity index (χ0v) is 17.7. The van der Waals surface area contributed by atoms with E-state index in [1.54, 1.807) is 6.08 Å². The SMILES string of the molecule is C[C@]12C=CC(=O)C=C1[C@@H](CCc1ccccc1)C[C@@H]1[C@@H]2CC[C@]2(C)C(=O)CC[C@@H]12. The molecule has 152 valence electrons. The van der Waals surface area contributed by atoms with Crippen molar-refractivity contribution in [2.45, 2.75) is 58.8 Å². The lowest BCUT2D eigenvalue weighted by Gasteiger charge is -2.57. The Morgan fingerprint density at radius 3 is 2.62 bits per heavy atom. The van der Waals surface area contributed by atoms with Gasteiger partial charge in [-0.3, -0.25) is 9.59 Å². The Balaban J connectivity index is 1.48. The number of carbonyl (C=O) groups excluding carboxylic acids is 2. The van der Waals surface area contributed by atoms with Gasteiger partial charge in [0.15, 0.2) is 5.78 Å². The lowest BCUT2D eigenvalue weighted by atomic mass is 9.46.